The summed E-state index contributed by atoms with van der Waals surface area (Å²) in [4.78, 5) is 0. The lowest BCUT2D eigenvalue weighted by atomic mass is 9.93. The Morgan fingerprint density at radius 3 is 0.977 bits per heavy atom. The van der Waals surface area contributed by atoms with Crippen molar-refractivity contribution in [3.63, 3.8) is 0 Å². The third-order valence-electron chi connectivity index (χ3n) is 20.9. The molecule has 5 aromatic heterocycles. The van der Waals surface area contributed by atoms with Crippen LogP contribution in [0.1, 0.15) is 57.4 Å². The fourth-order valence-corrected chi connectivity index (χ4v) is 14.6. The van der Waals surface area contributed by atoms with Gasteiger partial charge < -0.3 is 87.0 Å². The number of nitrogens with zero attached hydrogens (tertiary/aromatic N) is 11. The smallest absolute Gasteiger partial charge is 0.145 e. The van der Waals surface area contributed by atoms with Crippen molar-refractivity contribution in [3.05, 3.63) is 323 Å². The Hall–Kier alpha value is -14.3. The summed E-state index contributed by atoms with van der Waals surface area (Å²) in [7, 11) is 0. The fraction of sp³-hybridized carbons (Fsp3) is 0.186. The first kappa shape index (κ1) is 95.3. The number of ether oxygens (including phenoxy) is 6. The van der Waals surface area contributed by atoms with E-state index < -0.39 is 29.5 Å². The summed E-state index contributed by atoms with van der Waals surface area (Å²) >= 11 is 0. The molecule has 0 fully saturated rings. The van der Waals surface area contributed by atoms with Gasteiger partial charge in [0.05, 0.1) is 149 Å². The number of fused-ring (bicyclic) bond motifs is 5. The van der Waals surface area contributed by atoms with E-state index in [1.165, 1.54) is 84.9 Å². The van der Waals surface area contributed by atoms with Crippen molar-refractivity contribution in [2.75, 3.05) is 51.5 Å². The van der Waals surface area contributed by atoms with E-state index in [0.717, 1.165) is 66.8 Å². The van der Waals surface area contributed by atoms with Crippen LogP contribution < -0.4 is 50.9 Å². The molecular formula is C97H91F6IN16O12. The van der Waals surface area contributed by atoms with Crippen LogP contribution in [0.15, 0.2) is 249 Å². The largest absolute Gasteiger partial charge is 0.457 e. The molecule has 0 aliphatic carbocycles. The molecule has 0 saturated heterocycles. The van der Waals surface area contributed by atoms with Gasteiger partial charge in [-0.1, -0.05) is 0 Å². The average molecular weight is 1910 g/mol. The zero-order valence-corrected chi connectivity index (χ0v) is 73.0. The number of anilines is 1. The molecule has 5 heterocycles. The molecule has 0 radical (unpaired) electrons. The molecule has 0 aliphatic heterocycles. The molecule has 17 rings (SSSR count). The first-order valence-corrected chi connectivity index (χ1v) is 41.5. The van der Waals surface area contributed by atoms with Gasteiger partial charge in [-0.05, 0) is 249 Å². The number of nitrogens with two attached hydrogens (primary N) is 3. The number of nitriles is 1. The summed E-state index contributed by atoms with van der Waals surface area (Å²) in [6.45, 7) is 2.42. The van der Waals surface area contributed by atoms with Gasteiger partial charge in [0.1, 0.15) is 110 Å². The molecule has 2 atom stereocenters. The quantitative estimate of drug-likeness (QED) is 0.0101. The Labute approximate surface area is 768 Å². The summed E-state index contributed by atoms with van der Waals surface area (Å²) in [5.74, 6) is 2.85. The van der Waals surface area contributed by atoms with Crippen LogP contribution in [-0.2, 0) is 52.1 Å². The van der Waals surface area contributed by atoms with Gasteiger partial charge in [-0.2, -0.15) is 30.8 Å². The van der Waals surface area contributed by atoms with E-state index in [4.69, 9.17) is 71.6 Å². The number of halogens is 7. The zero-order chi connectivity index (χ0) is 92.0. The molecule has 0 spiro atoms. The highest BCUT2D eigenvalue weighted by molar-refractivity contribution is 14.0. The molecule has 0 bridgehead atoms. The first-order chi connectivity index (χ1) is 63.7. The highest BCUT2D eigenvalue weighted by Crippen LogP contribution is 2.42. The number of rotatable bonds is 34. The number of aliphatic hydroxyl groups excluding tert-OH is 6. The second kappa shape index (κ2) is 45.3. The van der Waals surface area contributed by atoms with Crippen molar-refractivity contribution >= 4 is 90.4 Å². The van der Waals surface area contributed by atoms with Crippen LogP contribution in [0.5, 0.6) is 69.0 Å². The van der Waals surface area contributed by atoms with Crippen molar-refractivity contribution in [2.24, 2.45) is 17.2 Å². The lowest BCUT2D eigenvalue weighted by molar-refractivity contribution is 0.271. The summed E-state index contributed by atoms with van der Waals surface area (Å²) in [6, 6.07) is 56.8. The number of aryl methyl sites for hydroxylation is 2. The van der Waals surface area contributed by atoms with Crippen LogP contribution in [0.25, 0.3) is 54.5 Å². The summed E-state index contributed by atoms with van der Waals surface area (Å²) in [6.07, 6.45) is 11.2. The molecule has 0 amide bonds. The van der Waals surface area contributed by atoms with Gasteiger partial charge in [0.15, 0.2) is 0 Å². The maximum absolute atomic E-state index is 14.5. The zero-order valence-electron chi connectivity index (χ0n) is 70.7. The number of benzene rings is 12. The molecule has 0 saturated carbocycles. The third-order valence-corrected chi connectivity index (χ3v) is 20.9. The summed E-state index contributed by atoms with van der Waals surface area (Å²) in [5.41, 5.74) is 27.0. The predicted molar refractivity (Wildman–Crippen MR) is 497 cm³/mol. The van der Waals surface area contributed by atoms with E-state index in [9.17, 15) is 41.7 Å². The number of aromatic nitrogens is 10. The van der Waals surface area contributed by atoms with Crippen LogP contribution in [0, 0.1) is 51.6 Å². The van der Waals surface area contributed by atoms with E-state index in [-0.39, 0.29) is 116 Å². The molecule has 680 valence electrons. The summed E-state index contributed by atoms with van der Waals surface area (Å²) in [5, 5.41) is 100. The fourth-order valence-electron chi connectivity index (χ4n) is 14.6. The lowest BCUT2D eigenvalue weighted by Crippen LogP contribution is -2.27. The maximum atomic E-state index is 14.5. The van der Waals surface area contributed by atoms with Crippen molar-refractivity contribution in [3.8, 4) is 75.1 Å². The molecular weight excluding hydrogens is 1820 g/mol. The Morgan fingerprint density at radius 2 is 0.652 bits per heavy atom. The van der Waals surface area contributed by atoms with Gasteiger partial charge >= 0.3 is 0 Å². The van der Waals surface area contributed by atoms with Crippen LogP contribution >= 0.6 is 24.0 Å². The van der Waals surface area contributed by atoms with E-state index in [1.54, 1.807) is 121 Å². The van der Waals surface area contributed by atoms with Gasteiger partial charge in [-0.15, -0.1) is 24.0 Å². The minimum atomic E-state index is -1.04. The third kappa shape index (κ3) is 23.6. The highest BCUT2D eigenvalue weighted by Gasteiger charge is 2.27. The van der Waals surface area contributed by atoms with Crippen LogP contribution in [0.4, 0.5) is 32.0 Å². The van der Waals surface area contributed by atoms with Gasteiger partial charge in [-0.3, -0.25) is 23.4 Å². The first-order valence-electron chi connectivity index (χ1n) is 41.5. The molecule has 17 aromatic rings. The minimum Gasteiger partial charge on any atom is -0.457 e. The van der Waals surface area contributed by atoms with E-state index >= 15 is 0 Å². The minimum absolute atomic E-state index is 0. The Balaban J connectivity index is 0.000000156. The molecule has 2 unspecified atom stereocenters. The molecule has 35 heteroatoms. The number of nitrogens with one attached hydrogen (secondary N) is 2. The average Bonchev–Trinajstić information content (AvgIpc) is 1.38. The van der Waals surface area contributed by atoms with Crippen molar-refractivity contribution in [1.29, 1.82) is 10.7 Å². The Bertz CT molecular complexity index is 6770. The van der Waals surface area contributed by atoms with Crippen molar-refractivity contribution in [1.82, 2.24) is 48.9 Å². The second-order valence-corrected chi connectivity index (χ2v) is 29.7. The molecule has 132 heavy (non-hydrogen) atoms. The Morgan fingerprint density at radius 1 is 0.364 bits per heavy atom. The Kier molecular flexibility index (Phi) is 32.7. The standard InChI is InChI=1S/C33H30F2N4O4.C32H32F2N6O4.C16H16FN3O2.C16H12FN3O2.HI/c34-26-4-10-32(42-28-6-8-30-24(18-28)20-36-38(30)12-14-40)22(16-26)2-1-3-23-17-27(35)5-11-33(23)43-29-7-9-31-25(19-29)21-37-39(31)13-15-41;33-21-1-7-29(43-23-3-5-27(38-9-11-41)19(13-23)17-35)25(15-21)31(36)32(37)26-16-22(34)2-8-30(26)44-24-4-6-28-20(14-24)18-39-40(28)10-12-42;2*17-13-1-4-16(11(7-13)9-18)22-14-2-3-15-12(8-14)10-19-20(15)5-6-21;/h4-11,16-21,40-41H,1-3,12-15H2;1-8,13-18,31-32,35,38,41-42H,9-12,36-37H2;1-4,7-8,10,21H,5-6,9,18H2;1-4,7-8,10,21H,5-6H2;1H. The predicted octanol–water partition coefficient (Wildman–Crippen LogP) is 17.3. The molecule has 28 nitrogen and oxygen atoms in total. The normalized spacial score (nSPS) is 11.5. The number of hydrogen-bond donors (Lipinski definition) is 11. The monoisotopic (exact) mass is 1910 g/mol. The van der Waals surface area contributed by atoms with Crippen LogP contribution in [0.3, 0.4) is 0 Å². The van der Waals surface area contributed by atoms with Crippen LogP contribution in [-0.4, -0.2) is 132 Å². The van der Waals surface area contributed by atoms with E-state index in [2.05, 4.69) is 30.8 Å². The van der Waals surface area contributed by atoms with Gasteiger partial charge in [0, 0.05) is 74.2 Å². The highest BCUT2D eigenvalue weighted by atomic mass is 127. The lowest BCUT2D eigenvalue weighted by Gasteiger charge is -2.25. The molecule has 14 N–H and O–H groups in total. The van der Waals surface area contributed by atoms with E-state index in [0.29, 0.717) is 144 Å². The van der Waals surface area contributed by atoms with Gasteiger partial charge in [0.25, 0.3) is 0 Å². The van der Waals surface area contributed by atoms with Crippen molar-refractivity contribution < 1.29 is 85.4 Å². The van der Waals surface area contributed by atoms with Gasteiger partial charge in [0.2, 0.25) is 0 Å². The van der Waals surface area contributed by atoms with E-state index in [1.807, 2.05) is 66.7 Å². The topological polar surface area (TPSA) is 404 Å². The molecule has 0 aliphatic rings. The van der Waals surface area contributed by atoms with Crippen molar-refractivity contribution in [2.45, 2.75) is 70.6 Å². The second-order valence-electron chi connectivity index (χ2n) is 29.7. The number of aliphatic hydroxyl groups is 6. The SMILES string of the molecule is I.N#Cc1cc(F)ccc1Oc1ccc2c(cnn2CCO)c1.N=Cc1cc(Oc2ccc(F)cc2C(N)C(N)c2cc(F)ccc2Oc2ccc3c(cnn3CCO)c2)ccc1NCCO.NCc1cc(F)ccc1Oc1ccc2c(cnn2CCO)c1.OCCn1ncc2cc(Oc3ccc(F)cc3CCCc3cc(F)ccc3Oc3ccc4c(cnn4CCO)c3)ccc21. The van der Waals surface area contributed by atoms with Gasteiger partial charge in [-0.25, -0.2) is 26.3 Å². The molecule has 12 aromatic carbocycles. The number of hydrogen-bond acceptors (Lipinski definition) is 23. The summed E-state index contributed by atoms with van der Waals surface area (Å²) < 4.78 is 128. The van der Waals surface area contributed by atoms with Crippen LogP contribution in [0.2, 0.25) is 0 Å². The maximum Gasteiger partial charge on any atom is 0.145 e.